The summed E-state index contributed by atoms with van der Waals surface area (Å²) >= 11 is 1.60. The van der Waals surface area contributed by atoms with Gasteiger partial charge in [0.25, 0.3) is 5.69 Å². The lowest BCUT2D eigenvalue weighted by molar-refractivity contribution is -0.384. The lowest BCUT2D eigenvalue weighted by Gasteiger charge is -1.97. The second-order valence-corrected chi connectivity index (χ2v) is 5.99. The Morgan fingerprint density at radius 2 is 1.73 bits per heavy atom. The van der Waals surface area contributed by atoms with Crippen LogP contribution in [0, 0.1) is 10.1 Å². The third-order valence-corrected chi connectivity index (χ3v) is 4.68. The number of nitro groups is 1. The number of fused-ring (bicyclic) bond motifs is 3. The molecule has 0 aliphatic rings. The van der Waals surface area contributed by atoms with E-state index in [1.807, 2.05) is 12.1 Å². The van der Waals surface area contributed by atoms with E-state index in [9.17, 15) is 10.1 Å². The molecule has 3 aromatic carbocycles. The van der Waals surface area contributed by atoms with E-state index in [2.05, 4.69) is 24.3 Å². The van der Waals surface area contributed by atoms with E-state index in [1.54, 1.807) is 23.5 Å². The topological polar surface area (TPSA) is 56.0 Å². The molecule has 106 valence electrons. The fraction of sp³-hybridized carbons (Fsp3) is 0. The molecule has 0 unspecified atom stereocenters. The van der Waals surface area contributed by atoms with Crippen molar-refractivity contribution in [1.29, 1.82) is 0 Å². The molecule has 22 heavy (non-hydrogen) atoms. The molecule has 1 heterocycles. The number of aromatic nitrogens is 1. The van der Waals surface area contributed by atoms with Crippen molar-refractivity contribution >= 4 is 38.0 Å². The summed E-state index contributed by atoms with van der Waals surface area (Å²) < 4.78 is 1.12. The third kappa shape index (κ3) is 2.03. The molecule has 0 spiro atoms. The van der Waals surface area contributed by atoms with E-state index in [1.165, 1.54) is 12.1 Å². The van der Waals surface area contributed by atoms with E-state index in [4.69, 9.17) is 4.98 Å². The zero-order valence-electron chi connectivity index (χ0n) is 11.4. The molecule has 0 saturated heterocycles. The van der Waals surface area contributed by atoms with Crippen LogP contribution < -0.4 is 0 Å². The predicted octanol–water partition coefficient (Wildman–Crippen LogP) is 5.02. The molecule has 0 bridgehead atoms. The molecule has 4 rings (SSSR count). The first kappa shape index (κ1) is 12.9. The highest BCUT2D eigenvalue weighted by molar-refractivity contribution is 7.21. The molecule has 0 atom stereocenters. The number of hydrogen-bond acceptors (Lipinski definition) is 4. The minimum Gasteiger partial charge on any atom is -0.258 e. The summed E-state index contributed by atoms with van der Waals surface area (Å²) in [5.74, 6) is 0. The van der Waals surface area contributed by atoms with Crippen molar-refractivity contribution in [1.82, 2.24) is 4.98 Å². The van der Waals surface area contributed by atoms with Gasteiger partial charge in [-0.05, 0) is 23.6 Å². The molecule has 0 radical (unpaired) electrons. The quantitative estimate of drug-likeness (QED) is 0.386. The normalized spacial score (nSPS) is 11.1. The van der Waals surface area contributed by atoms with Gasteiger partial charge in [0, 0.05) is 23.1 Å². The lowest BCUT2D eigenvalue weighted by atomic mass is 10.1. The summed E-state index contributed by atoms with van der Waals surface area (Å²) in [6, 6.07) is 18.8. The second kappa shape index (κ2) is 4.89. The van der Waals surface area contributed by atoms with Crippen LogP contribution in [0.15, 0.2) is 60.7 Å². The number of benzene rings is 3. The summed E-state index contributed by atoms with van der Waals surface area (Å²) in [6.45, 7) is 0. The van der Waals surface area contributed by atoms with Crippen molar-refractivity contribution in [3.63, 3.8) is 0 Å². The van der Waals surface area contributed by atoms with Crippen LogP contribution in [0.25, 0.3) is 31.6 Å². The van der Waals surface area contributed by atoms with Gasteiger partial charge in [-0.3, -0.25) is 10.1 Å². The van der Waals surface area contributed by atoms with Crippen LogP contribution >= 0.6 is 11.3 Å². The molecule has 1 aromatic heterocycles. The Bertz CT molecular complexity index is 1010. The predicted molar refractivity (Wildman–Crippen MR) is 89.2 cm³/mol. The fourth-order valence-electron chi connectivity index (χ4n) is 2.51. The molecule has 0 aliphatic carbocycles. The van der Waals surface area contributed by atoms with Crippen LogP contribution in [0.3, 0.4) is 0 Å². The van der Waals surface area contributed by atoms with Crippen molar-refractivity contribution < 1.29 is 4.92 Å². The first-order valence-corrected chi connectivity index (χ1v) is 7.57. The van der Waals surface area contributed by atoms with E-state index in [0.29, 0.717) is 0 Å². The third-order valence-electron chi connectivity index (χ3n) is 3.61. The van der Waals surface area contributed by atoms with Crippen LogP contribution in [0.1, 0.15) is 0 Å². The summed E-state index contributed by atoms with van der Waals surface area (Å²) in [4.78, 5) is 15.1. The molecule has 4 nitrogen and oxygen atoms in total. The van der Waals surface area contributed by atoms with E-state index in [-0.39, 0.29) is 5.69 Å². The van der Waals surface area contributed by atoms with E-state index in [0.717, 1.165) is 31.6 Å². The number of hydrogen-bond donors (Lipinski definition) is 0. The first-order valence-electron chi connectivity index (χ1n) is 6.75. The van der Waals surface area contributed by atoms with Crippen LogP contribution in [-0.4, -0.2) is 9.91 Å². The maximum atomic E-state index is 10.7. The zero-order chi connectivity index (χ0) is 15.1. The molecule has 0 fully saturated rings. The Labute approximate surface area is 129 Å². The number of rotatable bonds is 2. The van der Waals surface area contributed by atoms with Crippen LogP contribution in [-0.2, 0) is 0 Å². The van der Waals surface area contributed by atoms with Gasteiger partial charge < -0.3 is 0 Å². The van der Waals surface area contributed by atoms with Crippen molar-refractivity contribution in [2.45, 2.75) is 0 Å². The molecular weight excluding hydrogens is 296 g/mol. The zero-order valence-corrected chi connectivity index (χ0v) is 12.2. The van der Waals surface area contributed by atoms with E-state index >= 15 is 0 Å². The largest absolute Gasteiger partial charge is 0.269 e. The molecule has 5 heteroatoms. The average molecular weight is 306 g/mol. The Hall–Kier alpha value is -2.79. The van der Waals surface area contributed by atoms with Gasteiger partial charge in [0.05, 0.1) is 15.1 Å². The van der Waals surface area contributed by atoms with E-state index < -0.39 is 4.92 Å². The van der Waals surface area contributed by atoms with Crippen molar-refractivity contribution in [2.24, 2.45) is 0 Å². The number of thiazole rings is 1. The summed E-state index contributed by atoms with van der Waals surface area (Å²) in [6.07, 6.45) is 0. The monoisotopic (exact) mass is 306 g/mol. The molecule has 0 amide bonds. The van der Waals surface area contributed by atoms with Gasteiger partial charge in [-0.1, -0.05) is 30.3 Å². The highest BCUT2D eigenvalue weighted by atomic mass is 32.1. The Kier molecular flexibility index (Phi) is 2.87. The molecular formula is C17H10N2O2S. The van der Waals surface area contributed by atoms with Crippen molar-refractivity contribution in [2.75, 3.05) is 0 Å². The van der Waals surface area contributed by atoms with Gasteiger partial charge >= 0.3 is 0 Å². The van der Waals surface area contributed by atoms with Gasteiger partial charge in [0.1, 0.15) is 5.01 Å². The lowest BCUT2D eigenvalue weighted by Crippen LogP contribution is -1.86. The summed E-state index contributed by atoms with van der Waals surface area (Å²) in [5.41, 5.74) is 1.97. The molecule has 0 N–H and O–H groups in total. The minimum atomic E-state index is -0.393. The Balaban J connectivity index is 1.88. The van der Waals surface area contributed by atoms with Gasteiger partial charge in [0.2, 0.25) is 0 Å². The summed E-state index contributed by atoms with van der Waals surface area (Å²) in [5, 5.41) is 13.9. The fourth-order valence-corrected chi connectivity index (χ4v) is 3.50. The van der Waals surface area contributed by atoms with Crippen molar-refractivity contribution in [3.8, 4) is 10.6 Å². The van der Waals surface area contributed by atoms with Crippen LogP contribution in [0.2, 0.25) is 0 Å². The minimum absolute atomic E-state index is 0.0929. The van der Waals surface area contributed by atoms with Gasteiger partial charge in [-0.2, -0.15) is 0 Å². The maximum Gasteiger partial charge on any atom is 0.269 e. The molecule has 0 saturated carbocycles. The molecule has 4 aromatic rings. The second-order valence-electron chi connectivity index (χ2n) is 4.96. The first-order chi connectivity index (χ1) is 10.7. The highest BCUT2D eigenvalue weighted by Crippen LogP contribution is 2.34. The molecule has 0 aliphatic heterocycles. The van der Waals surface area contributed by atoms with Crippen LogP contribution in [0.4, 0.5) is 5.69 Å². The average Bonchev–Trinajstić information content (AvgIpc) is 2.99. The number of nitro benzene ring substituents is 1. The maximum absolute atomic E-state index is 10.7. The van der Waals surface area contributed by atoms with Gasteiger partial charge in [-0.25, -0.2) is 4.98 Å². The number of nitrogens with zero attached hydrogens (tertiary/aromatic N) is 2. The summed E-state index contributed by atoms with van der Waals surface area (Å²) in [7, 11) is 0. The smallest absolute Gasteiger partial charge is 0.258 e. The van der Waals surface area contributed by atoms with Gasteiger partial charge in [-0.15, -0.1) is 11.3 Å². The SMILES string of the molecule is O=[N+]([O-])c1ccc(-c2nc3c(ccc4ccccc43)s2)cc1. The van der Waals surface area contributed by atoms with Gasteiger partial charge in [0.15, 0.2) is 0 Å². The highest BCUT2D eigenvalue weighted by Gasteiger charge is 2.11. The Morgan fingerprint density at radius 1 is 0.955 bits per heavy atom. The van der Waals surface area contributed by atoms with Crippen molar-refractivity contribution in [3.05, 3.63) is 70.8 Å². The number of non-ortho nitro benzene ring substituents is 1. The Morgan fingerprint density at radius 3 is 2.50 bits per heavy atom. The van der Waals surface area contributed by atoms with Crippen LogP contribution in [0.5, 0.6) is 0 Å². The standard InChI is InChI=1S/C17H10N2O2S/c20-19(21)13-8-5-12(6-9-13)17-18-16-14-4-2-1-3-11(14)7-10-15(16)22-17/h1-10H.